The molecule has 0 unspecified atom stereocenters. The lowest BCUT2D eigenvalue weighted by molar-refractivity contribution is -0.116. The summed E-state index contributed by atoms with van der Waals surface area (Å²) in [5, 5.41) is 3.75. The number of benzene rings is 2. The van der Waals surface area contributed by atoms with Crippen LogP contribution in [0.5, 0.6) is 0 Å². The van der Waals surface area contributed by atoms with Crippen molar-refractivity contribution in [3.8, 4) is 0 Å². The number of amides is 2. The topological polar surface area (TPSA) is 58.6 Å². The molecule has 2 amide bonds. The van der Waals surface area contributed by atoms with Crippen molar-refractivity contribution in [3.63, 3.8) is 0 Å². The summed E-state index contributed by atoms with van der Waals surface area (Å²) in [5.41, 5.74) is 2.34. The van der Waals surface area contributed by atoms with E-state index in [1.165, 1.54) is 0 Å². The molecule has 0 saturated carbocycles. The van der Waals surface area contributed by atoms with Crippen LogP contribution in [0.25, 0.3) is 11.6 Å². The highest BCUT2D eigenvalue weighted by Crippen LogP contribution is 2.22. The molecule has 1 heterocycles. The summed E-state index contributed by atoms with van der Waals surface area (Å²) in [4.78, 5) is 26.6. The third-order valence-corrected chi connectivity index (χ3v) is 5.12. The number of nitrogens with zero attached hydrogens (tertiary/aromatic N) is 1. The fourth-order valence-corrected chi connectivity index (χ4v) is 3.44. The molecule has 0 radical (unpaired) electrons. The normalized spacial score (nSPS) is 15.1. The molecule has 0 atom stereocenters. The van der Waals surface area contributed by atoms with E-state index in [-0.39, 0.29) is 18.0 Å². The quantitative estimate of drug-likeness (QED) is 0.576. The molecular weight excluding hydrogens is 388 g/mol. The first-order valence-corrected chi connectivity index (χ1v) is 10.2. The SMILES string of the molecule is CCOC(=O)N1CCC(NC(=O)/C(=C/c2ccccc2)c2ccc(Cl)cc2)CC1. The molecule has 0 aliphatic carbocycles. The van der Waals surface area contributed by atoms with Crippen LogP contribution in [-0.4, -0.2) is 42.6 Å². The summed E-state index contributed by atoms with van der Waals surface area (Å²) in [6.07, 6.45) is 2.99. The van der Waals surface area contributed by atoms with E-state index in [1.807, 2.05) is 48.5 Å². The van der Waals surface area contributed by atoms with Crippen LogP contribution >= 0.6 is 11.6 Å². The van der Waals surface area contributed by atoms with Crippen molar-refractivity contribution in [1.29, 1.82) is 0 Å². The lowest BCUT2D eigenvalue weighted by Crippen LogP contribution is -2.46. The van der Waals surface area contributed by atoms with E-state index in [2.05, 4.69) is 5.32 Å². The van der Waals surface area contributed by atoms with Crippen LogP contribution in [0.1, 0.15) is 30.9 Å². The lowest BCUT2D eigenvalue weighted by Gasteiger charge is -2.31. The van der Waals surface area contributed by atoms with Gasteiger partial charge in [0.25, 0.3) is 5.91 Å². The molecule has 152 valence electrons. The zero-order valence-corrected chi connectivity index (χ0v) is 17.2. The highest BCUT2D eigenvalue weighted by Gasteiger charge is 2.25. The number of likely N-dealkylation sites (tertiary alicyclic amines) is 1. The number of halogens is 1. The smallest absolute Gasteiger partial charge is 0.409 e. The molecule has 1 aliphatic rings. The van der Waals surface area contributed by atoms with E-state index in [9.17, 15) is 9.59 Å². The van der Waals surface area contributed by atoms with Gasteiger partial charge in [-0.25, -0.2) is 4.79 Å². The zero-order valence-electron chi connectivity index (χ0n) is 16.4. The van der Waals surface area contributed by atoms with Gasteiger partial charge in [0, 0.05) is 29.7 Å². The summed E-state index contributed by atoms with van der Waals surface area (Å²) in [6, 6.07) is 17.0. The van der Waals surface area contributed by atoms with Crippen LogP contribution in [-0.2, 0) is 9.53 Å². The molecule has 1 N–H and O–H groups in total. The van der Waals surface area contributed by atoms with Gasteiger partial charge >= 0.3 is 6.09 Å². The van der Waals surface area contributed by atoms with E-state index < -0.39 is 0 Å². The maximum absolute atomic E-state index is 13.1. The molecule has 0 aromatic heterocycles. The van der Waals surface area contributed by atoms with Crippen molar-refractivity contribution in [1.82, 2.24) is 10.2 Å². The van der Waals surface area contributed by atoms with Crippen molar-refractivity contribution in [3.05, 3.63) is 70.7 Å². The Bertz CT molecular complexity index is 857. The van der Waals surface area contributed by atoms with Crippen molar-refractivity contribution in [2.45, 2.75) is 25.8 Å². The van der Waals surface area contributed by atoms with E-state index in [0.717, 1.165) is 11.1 Å². The van der Waals surface area contributed by atoms with Crippen LogP contribution in [0.4, 0.5) is 4.79 Å². The van der Waals surface area contributed by atoms with Gasteiger partial charge in [-0.3, -0.25) is 4.79 Å². The van der Waals surface area contributed by atoms with Gasteiger partial charge in [-0.05, 0) is 49.1 Å². The van der Waals surface area contributed by atoms with Gasteiger partial charge in [0.2, 0.25) is 0 Å². The first-order chi connectivity index (χ1) is 14.1. The van der Waals surface area contributed by atoms with E-state index >= 15 is 0 Å². The Morgan fingerprint density at radius 1 is 1.10 bits per heavy atom. The molecule has 0 bridgehead atoms. The minimum Gasteiger partial charge on any atom is -0.450 e. The summed E-state index contributed by atoms with van der Waals surface area (Å²) < 4.78 is 5.05. The highest BCUT2D eigenvalue weighted by molar-refractivity contribution is 6.31. The molecule has 1 aliphatic heterocycles. The number of carbonyl (C=O) groups excluding carboxylic acids is 2. The minimum atomic E-state index is -0.289. The first kappa shape index (κ1) is 20.9. The van der Waals surface area contributed by atoms with Crippen molar-refractivity contribution in [2.24, 2.45) is 0 Å². The lowest BCUT2D eigenvalue weighted by atomic mass is 10.00. The van der Waals surface area contributed by atoms with Crippen molar-refractivity contribution in [2.75, 3.05) is 19.7 Å². The van der Waals surface area contributed by atoms with Crippen LogP contribution in [0.3, 0.4) is 0 Å². The van der Waals surface area contributed by atoms with Crippen molar-refractivity contribution < 1.29 is 14.3 Å². The second-order valence-corrected chi connectivity index (χ2v) is 7.35. The number of rotatable bonds is 5. The Labute approximate surface area is 176 Å². The largest absolute Gasteiger partial charge is 0.450 e. The fraction of sp³-hybridized carbons (Fsp3) is 0.304. The molecular formula is C23H25ClN2O3. The van der Waals surface area contributed by atoms with Crippen LogP contribution in [0.2, 0.25) is 5.02 Å². The third-order valence-electron chi connectivity index (χ3n) is 4.87. The van der Waals surface area contributed by atoms with E-state index in [1.54, 1.807) is 24.0 Å². The monoisotopic (exact) mass is 412 g/mol. The van der Waals surface area contributed by atoms with Crippen LogP contribution in [0.15, 0.2) is 54.6 Å². The number of hydrogen-bond donors (Lipinski definition) is 1. The van der Waals surface area contributed by atoms with Gasteiger partial charge in [0.15, 0.2) is 0 Å². The average molecular weight is 413 g/mol. The van der Waals surface area contributed by atoms with Gasteiger partial charge in [0.1, 0.15) is 0 Å². The van der Waals surface area contributed by atoms with E-state index in [4.69, 9.17) is 16.3 Å². The summed E-state index contributed by atoms with van der Waals surface area (Å²) >= 11 is 6.01. The number of hydrogen-bond acceptors (Lipinski definition) is 3. The standard InChI is InChI=1S/C23H25ClN2O3/c1-2-29-23(28)26-14-12-20(13-15-26)25-22(27)21(16-17-6-4-3-5-7-17)18-8-10-19(24)11-9-18/h3-11,16,20H,2,12-15H2,1H3,(H,25,27)/b21-16+. The second kappa shape index (κ2) is 10.1. The van der Waals surface area contributed by atoms with Gasteiger partial charge in [-0.1, -0.05) is 54.1 Å². The first-order valence-electron chi connectivity index (χ1n) is 9.82. The fourth-order valence-electron chi connectivity index (χ4n) is 3.31. The predicted molar refractivity (Wildman–Crippen MR) is 116 cm³/mol. The predicted octanol–water partition coefficient (Wildman–Crippen LogP) is 4.62. The Kier molecular flexibility index (Phi) is 7.30. The molecule has 1 saturated heterocycles. The van der Waals surface area contributed by atoms with Gasteiger partial charge in [-0.15, -0.1) is 0 Å². The Balaban J connectivity index is 1.72. The number of ether oxygens (including phenoxy) is 1. The number of nitrogens with one attached hydrogen (secondary N) is 1. The Hall–Kier alpha value is -2.79. The maximum atomic E-state index is 13.1. The average Bonchev–Trinajstić information content (AvgIpc) is 2.74. The summed E-state index contributed by atoms with van der Waals surface area (Å²) in [7, 11) is 0. The molecule has 2 aromatic carbocycles. The van der Waals surface area contributed by atoms with Gasteiger partial charge in [0.05, 0.1) is 6.61 Å². The third kappa shape index (κ3) is 5.84. The van der Waals surface area contributed by atoms with E-state index in [0.29, 0.717) is 43.1 Å². The zero-order chi connectivity index (χ0) is 20.6. The molecule has 2 aromatic rings. The Morgan fingerprint density at radius 2 is 1.76 bits per heavy atom. The van der Waals surface area contributed by atoms with Gasteiger partial charge < -0.3 is 15.0 Å². The second-order valence-electron chi connectivity index (χ2n) is 6.91. The Morgan fingerprint density at radius 3 is 2.38 bits per heavy atom. The minimum absolute atomic E-state index is 0.0136. The highest BCUT2D eigenvalue weighted by atomic mass is 35.5. The maximum Gasteiger partial charge on any atom is 0.409 e. The molecule has 29 heavy (non-hydrogen) atoms. The summed E-state index contributed by atoms with van der Waals surface area (Å²) in [5.74, 6) is -0.134. The molecule has 3 rings (SSSR count). The van der Waals surface area contributed by atoms with Gasteiger partial charge in [-0.2, -0.15) is 0 Å². The molecule has 5 nitrogen and oxygen atoms in total. The van der Waals surface area contributed by atoms with Crippen LogP contribution in [0, 0.1) is 0 Å². The molecule has 0 spiro atoms. The van der Waals surface area contributed by atoms with Crippen LogP contribution < -0.4 is 5.32 Å². The number of piperidine rings is 1. The summed E-state index contributed by atoms with van der Waals surface area (Å²) in [6.45, 7) is 3.30. The molecule has 1 fully saturated rings. The van der Waals surface area contributed by atoms with Crippen molar-refractivity contribution >= 4 is 35.3 Å². The number of carbonyl (C=O) groups is 2. The molecule has 6 heteroatoms.